The zero-order valence-electron chi connectivity index (χ0n) is 8.42. The van der Waals surface area contributed by atoms with Gasteiger partial charge in [-0.15, -0.1) is 0 Å². The minimum atomic E-state index is 0.00523. The summed E-state index contributed by atoms with van der Waals surface area (Å²) in [5.41, 5.74) is 0. The molecule has 0 aromatic carbocycles. The number of hydrogen-bond acceptors (Lipinski definition) is 1. The van der Waals surface area contributed by atoms with Crippen LogP contribution < -0.4 is 5.32 Å². The lowest BCUT2D eigenvalue weighted by Crippen LogP contribution is -2.28. The fourth-order valence-electron chi connectivity index (χ4n) is 0.780. The first-order chi connectivity index (χ1) is 5.52. The molecule has 2 nitrogen and oxygen atoms in total. The smallest absolute Gasteiger partial charge is 0.243 e. The van der Waals surface area contributed by atoms with Crippen molar-refractivity contribution >= 4 is 5.91 Å². The predicted molar refractivity (Wildman–Crippen MR) is 51.9 cm³/mol. The topological polar surface area (TPSA) is 29.1 Å². The summed E-state index contributed by atoms with van der Waals surface area (Å²) in [6.45, 7) is 8.16. The summed E-state index contributed by atoms with van der Waals surface area (Å²) in [6.07, 6.45) is 4.49. The minimum absolute atomic E-state index is 0.00523. The van der Waals surface area contributed by atoms with Crippen LogP contribution in [0.5, 0.6) is 0 Å². The minimum Gasteiger partial charge on any atom is -0.350 e. The van der Waals surface area contributed by atoms with E-state index in [2.05, 4.69) is 19.2 Å². The Kier molecular flexibility index (Phi) is 5.43. The molecule has 0 aliphatic carbocycles. The van der Waals surface area contributed by atoms with Crippen LogP contribution in [0.15, 0.2) is 12.2 Å². The largest absolute Gasteiger partial charge is 0.350 e. The second kappa shape index (κ2) is 5.81. The van der Waals surface area contributed by atoms with Gasteiger partial charge in [0.25, 0.3) is 0 Å². The molecular formula is C10H19NO. The van der Waals surface area contributed by atoms with Crippen molar-refractivity contribution in [3.05, 3.63) is 12.2 Å². The Morgan fingerprint density at radius 2 is 1.92 bits per heavy atom. The maximum Gasteiger partial charge on any atom is 0.243 e. The summed E-state index contributed by atoms with van der Waals surface area (Å²) in [7, 11) is 0. The molecule has 0 unspecified atom stereocenters. The standard InChI is InChI=1S/C10H19NO/c1-8(2)6-5-7-10(12)11-9(3)4/h5,7-9H,6H2,1-4H3,(H,11,12)/b7-5+. The van der Waals surface area contributed by atoms with Gasteiger partial charge in [0.1, 0.15) is 0 Å². The molecule has 0 aliphatic rings. The Morgan fingerprint density at radius 1 is 1.33 bits per heavy atom. The highest BCUT2D eigenvalue weighted by Crippen LogP contribution is 1.99. The van der Waals surface area contributed by atoms with Crippen LogP contribution in [0, 0.1) is 5.92 Å². The third-order valence-corrected chi connectivity index (χ3v) is 1.31. The van der Waals surface area contributed by atoms with Crippen molar-refractivity contribution in [2.45, 2.75) is 40.2 Å². The van der Waals surface area contributed by atoms with Gasteiger partial charge in [-0.05, 0) is 32.3 Å². The molecule has 12 heavy (non-hydrogen) atoms. The first kappa shape index (κ1) is 11.2. The van der Waals surface area contributed by atoms with Crippen LogP contribution in [0.3, 0.4) is 0 Å². The molecular weight excluding hydrogens is 150 g/mol. The number of rotatable bonds is 4. The van der Waals surface area contributed by atoms with Crippen LogP contribution >= 0.6 is 0 Å². The van der Waals surface area contributed by atoms with Gasteiger partial charge in [-0.25, -0.2) is 0 Å². The molecule has 0 rings (SSSR count). The SMILES string of the molecule is CC(C)C/C=C/C(=O)NC(C)C. The highest BCUT2D eigenvalue weighted by atomic mass is 16.1. The van der Waals surface area contributed by atoms with Gasteiger partial charge in [0.05, 0.1) is 0 Å². The summed E-state index contributed by atoms with van der Waals surface area (Å²) in [5.74, 6) is 0.624. The Labute approximate surface area is 75.0 Å². The number of carbonyl (C=O) groups excluding carboxylic acids is 1. The summed E-state index contributed by atoms with van der Waals surface area (Å²) in [5, 5.41) is 2.79. The fourth-order valence-corrected chi connectivity index (χ4v) is 0.780. The van der Waals surface area contributed by atoms with Crippen LogP contribution in [-0.4, -0.2) is 11.9 Å². The number of amides is 1. The van der Waals surface area contributed by atoms with Crippen molar-refractivity contribution in [3.8, 4) is 0 Å². The number of nitrogens with one attached hydrogen (secondary N) is 1. The van der Waals surface area contributed by atoms with E-state index in [4.69, 9.17) is 0 Å². The van der Waals surface area contributed by atoms with Crippen molar-refractivity contribution in [1.29, 1.82) is 0 Å². The zero-order chi connectivity index (χ0) is 9.56. The normalized spacial score (nSPS) is 11.5. The molecule has 0 spiro atoms. The summed E-state index contributed by atoms with van der Waals surface area (Å²) in [4.78, 5) is 11.0. The predicted octanol–water partition coefficient (Wildman–Crippen LogP) is 2.11. The van der Waals surface area contributed by atoms with E-state index in [9.17, 15) is 4.79 Å². The zero-order valence-corrected chi connectivity index (χ0v) is 8.42. The van der Waals surface area contributed by atoms with Crippen LogP contribution in [0.1, 0.15) is 34.1 Å². The molecule has 2 heteroatoms. The first-order valence-electron chi connectivity index (χ1n) is 4.49. The van der Waals surface area contributed by atoms with Crippen molar-refractivity contribution in [1.82, 2.24) is 5.32 Å². The molecule has 0 bridgehead atoms. The van der Waals surface area contributed by atoms with E-state index in [-0.39, 0.29) is 11.9 Å². The molecule has 0 saturated carbocycles. The van der Waals surface area contributed by atoms with E-state index in [1.54, 1.807) is 6.08 Å². The van der Waals surface area contributed by atoms with E-state index < -0.39 is 0 Å². The van der Waals surface area contributed by atoms with Crippen molar-refractivity contribution in [2.75, 3.05) is 0 Å². The third kappa shape index (κ3) is 7.32. The molecule has 0 radical (unpaired) electrons. The van der Waals surface area contributed by atoms with Crippen molar-refractivity contribution < 1.29 is 4.79 Å². The van der Waals surface area contributed by atoms with Gasteiger partial charge in [-0.3, -0.25) is 4.79 Å². The molecule has 0 aromatic rings. The van der Waals surface area contributed by atoms with Crippen molar-refractivity contribution in [2.24, 2.45) is 5.92 Å². The van der Waals surface area contributed by atoms with E-state index in [1.807, 2.05) is 19.9 Å². The van der Waals surface area contributed by atoms with E-state index >= 15 is 0 Å². The van der Waals surface area contributed by atoms with Crippen LogP contribution in [-0.2, 0) is 4.79 Å². The van der Waals surface area contributed by atoms with Gasteiger partial charge in [0.15, 0.2) is 0 Å². The second-order valence-electron chi connectivity index (χ2n) is 3.70. The molecule has 0 heterocycles. The molecule has 0 saturated heterocycles. The highest BCUT2D eigenvalue weighted by Gasteiger charge is 1.96. The van der Waals surface area contributed by atoms with Crippen LogP contribution in [0.25, 0.3) is 0 Å². The highest BCUT2D eigenvalue weighted by molar-refractivity contribution is 5.87. The summed E-state index contributed by atoms with van der Waals surface area (Å²) < 4.78 is 0. The fraction of sp³-hybridized carbons (Fsp3) is 0.700. The van der Waals surface area contributed by atoms with Gasteiger partial charge in [0.2, 0.25) is 5.91 Å². The van der Waals surface area contributed by atoms with E-state index in [0.29, 0.717) is 5.92 Å². The van der Waals surface area contributed by atoms with E-state index in [1.165, 1.54) is 0 Å². The van der Waals surface area contributed by atoms with Gasteiger partial charge < -0.3 is 5.32 Å². The number of hydrogen-bond donors (Lipinski definition) is 1. The maximum atomic E-state index is 11.0. The Hall–Kier alpha value is -0.790. The second-order valence-corrected chi connectivity index (χ2v) is 3.70. The molecule has 1 N–H and O–H groups in total. The van der Waals surface area contributed by atoms with Gasteiger partial charge in [-0.1, -0.05) is 19.9 Å². The average molecular weight is 169 g/mol. The average Bonchev–Trinajstić information content (AvgIpc) is 1.84. The third-order valence-electron chi connectivity index (χ3n) is 1.31. The molecule has 70 valence electrons. The molecule has 1 amide bonds. The van der Waals surface area contributed by atoms with Gasteiger partial charge >= 0.3 is 0 Å². The first-order valence-corrected chi connectivity index (χ1v) is 4.49. The summed E-state index contributed by atoms with van der Waals surface area (Å²) in [6, 6.07) is 0.223. The molecule has 0 aliphatic heterocycles. The molecule has 0 atom stereocenters. The quantitative estimate of drug-likeness (QED) is 0.642. The van der Waals surface area contributed by atoms with Crippen LogP contribution in [0.4, 0.5) is 0 Å². The maximum absolute atomic E-state index is 11.0. The lowest BCUT2D eigenvalue weighted by atomic mass is 10.1. The van der Waals surface area contributed by atoms with Gasteiger partial charge in [-0.2, -0.15) is 0 Å². The lowest BCUT2D eigenvalue weighted by Gasteiger charge is -2.04. The molecule has 0 aromatic heterocycles. The Morgan fingerprint density at radius 3 is 2.33 bits per heavy atom. The number of allylic oxidation sites excluding steroid dienone is 1. The van der Waals surface area contributed by atoms with Crippen molar-refractivity contribution in [3.63, 3.8) is 0 Å². The summed E-state index contributed by atoms with van der Waals surface area (Å²) >= 11 is 0. The Balaban J connectivity index is 3.61. The molecule has 0 fully saturated rings. The Bertz CT molecular complexity index is 159. The van der Waals surface area contributed by atoms with E-state index in [0.717, 1.165) is 6.42 Å². The van der Waals surface area contributed by atoms with Crippen LogP contribution in [0.2, 0.25) is 0 Å². The monoisotopic (exact) mass is 169 g/mol. The lowest BCUT2D eigenvalue weighted by molar-refractivity contribution is -0.116. The van der Waals surface area contributed by atoms with Gasteiger partial charge in [0, 0.05) is 6.04 Å². The number of carbonyl (C=O) groups is 1.